The van der Waals surface area contributed by atoms with E-state index in [4.69, 9.17) is 0 Å². The van der Waals surface area contributed by atoms with Crippen LogP contribution in [0.2, 0.25) is 0 Å². The van der Waals surface area contributed by atoms with Crippen LogP contribution >= 0.6 is 11.3 Å². The molecule has 0 spiro atoms. The number of sulfonamides is 1. The molecule has 3 rings (SSSR count). The number of rotatable bonds is 9. The van der Waals surface area contributed by atoms with E-state index in [1.165, 1.54) is 17.7 Å². The number of carbonyl (C=O) groups excluding carboxylic acids is 1. The summed E-state index contributed by atoms with van der Waals surface area (Å²) in [5, 5.41) is 5.04. The average molecular weight is 436 g/mol. The molecule has 2 N–H and O–H groups in total. The van der Waals surface area contributed by atoms with Crippen molar-refractivity contribution in [3.63, 3.8) is 0 Å². The summed E-state index contributed by atoms with van der Waals surface area (Å²) < 4.78 is 27.5. The zero-order valence-corrected chi connectivity index (χ0v) is 18.6. The largest absolute Gasteiger partial charge is 0.354 e. The van der Waals surface area contributed by atoms with Crippen molar-refractivity contribution < 1.29 is 13.2 Å². The van der Waals surface area contributed by atoms with Crippen LogP contribution < -0.4 is 10.0 Å². The lowest BCUT2D eigenvalue weighted by Crippen LogP contribution is -2.37. The van der Waals surface area contributed by atoms with Crippen molar-refractivity contribution in [2.75, 3.05) is 26.2 Å². The molecule has 1 aliphatic heterocycles. The van der Waals surface area contributed by atoms with Gasteiger partial charge in [0.1, 0.15) is 0 Å². The zero-order chi connectivity index (χ0) is 20.9. The van der Waals surface area contributed by atoms with Gasteiger partial charge in [0, 0.05) is 24.4 Å². The molecule has 1 atom stereocenters. The Morgan fingerprint density at radius 1 is 1.21 bits per heavy atom. The molecule has 1 aliphatic rings. The van der Waals surface area contributed by atoms with Crippen LogP contribution in [0.1, 0.15) is 41.3 Å². The van der Waals surface area contributed by atoms with Gasteiger partial charge in [0.2, 0.25) is 15.9 Å². The molecule has 2 aromatic rings. The van der Waals surface area contributed by atoms with Gasteiger partial charge in [-0.05, 0) is 62.9 Å². The first-order valence-electron chi connectivity index (χ1n) is 9.98. The summed E-state index contributed by atoms with van der Waals surface area (Å²) >= 11 is 1.71. The van der Waals surface area contributed by atoms with E-state index in [9.17, 15) is 13.2 Å². The van der Waals surface area contributed by atoms with E-state index < -0.39 is 10.0 Å². The molecule has 2 heterocycles. The van der Waals surface area contributed by atoms with Crippen molar-refractivity contribution in [1.82, 2.24) is 14.9 Å². The highest BCUT2D eigenvalue weighted by Crippen LogP contribution is 2.27. The first-order chi connectivity index (χ1) is 13.9. The van der Waals surface area contributed by atoms with Crippen LogP contribution in [0.3, 0.4) is 0 Å². The molecular weight excluding hydrogens is 406 g/mol. The fraction of sp³-hybridized carbons (Fsp3) is 0.476. The third kappa shape index (κ3) is 5.88. The minimum Gasteiger partial charge on any atom is -0.354 e. The minimum absolute atomic E-state index is 0.0782. The van der Waals surface area contributed by atoms with Crippen molar-refractivity contribution in [2.45, 2.75) is 44.0 Å². The lowest BCUT2D eigenvalue weighted by molar-refractivity contribution is -0.121. The summed E-state index contributed by atoms with van der Waals surface area (Å²) in [7, 11) is -3.62. The second kappa shape index (κ2) is 9.84. The maximum Gasteiger partial charge on any atom is 0.240 e. The third-order valence-corrected chi connectivity index (χ3v) is 7.80. The summed E-state index contributed by atoms with van der Waals surface area (Å²) in [5.41, 5.74) is 1.71. The van der Waals surface area contributed by atoms with Gasteiger partial charge in [-0.1, -0.05) is 23.8 Å². The van der Waals surface area contributed by atoms with E-state index in [0.29, 0.717) is 12.1 Å². The number of benzene rings is 1. The maximum atomic E-state index is 12.5. The number of carbonyl (C=O) groups is 1. The van der Waals surface area contributed by atoms with Crippen molar-refractivity contribution in [3.05, 3.63) is 51.7 Å². The standard InChI is InChI=1S/C21H29N3O3S2/c1-16-7-8-20(17(2)14-16)29(26,27)23-10-9-21(25)22-15-18(19-6-5-13-28-19)24-11-3-4-12-24/h5-8,13-14,18,23H,3-4,9-12,15H2,1-2H3,(H,22,25). The lowest BCUT2D eigenvalue weighted by atomic mass is 10.2. The van der Waals surface area contributed by atoms with Crippen LogP contribution in [0, 0.1) is 13.8 Å². The molecule has 0 radical (unpaired) electrons. The third-order valence-electron chi connectivity index (χ3n) is 5.21. The van der Waals surface area contributed by atoms with E-state index >= 15 is 0 Å². The molecule has 0 saturated carbocycles. The number of aryl methyl sites for hydroxylation is 2. The van der Waals surface area contributed by atoms with Crippen LogP contribution in [0.15, 0.2) is 40.6 Å². The van der Waals surface area contributed by atoms with Crippen LogP contribution in [0.5, 0.6) is 0 Å². The van der Waals surface area contributed by atoms with Gasteiger partial charge >= 0.3 is 0 Å². The summed E-state index contributed by atoms with van der Waals surface area (Å²) in [4.78, 5) is 16.2. The fourth-order valence-corrected chi connectivity index (χ4v) is 5.84. The molecule has 1 fully saturated rings. The SMILES string of the molecule is Cc1ccc(S(=O)(=O)NCCC(=O)NCC(c2cccs2)N2CCCC2)c(C)c1. The molecule has 1 aromatic carbocycles. The average Bonchev–Trinajstić information content (AvgIpc) is 3.36. The van der Waals surface area contributed by atoms with E-state index in [1.807, 2.05) is 19.1 Å². The molecule has 158 valence electrons. The van der Waals surface area contributed by atoms with Gasteiger partial charge < -0.3 is 5.32 Å². The van der Waals surface area contributed by atoms with Crippen molar-refractivity contribution in [1.29, 1.82) is 0 Å². The van der Waals surface area contributed by atoms with E-state index in [2.05, 4.69) is 26.4 Å². The molecule has 1 saturated heterocycles. The molecule has 6 nitrogen and oxygen atoms in total. The van der Waals surface area contributed by atoms with Gasteiger partial charge in [-0.25, -0.2) is 13.1 Å². The van der Waals surface area contributed by atoms with Crippen LogP contribution in [0.25, 0.3) is 0 Å². The summed E-state index contributed by atoms with van der Waals surface area (Å²) in [6.45, 7) is 6.42. The van der Waals surface area contributed by atoms with Crippen LogP contribution in [-0.4, -0.2) is 45.4 Å². The first kappa shape index (κ1) is 22.0. The van der Waals surface area contributed by atoms with E-state index in [0.717, 1.165) is 18.7 Å². The molecule has 0 bridgehead atoms. The summed E-state index contributed by atoms with van der Waals surface area (Å²) in [6, 6.07) is 9.55. The number of likely N-dealkylation sites (tertiary alicyclic amines) is 1. The Morgan fingerprint density at radius 3 is 2.62 bits per heavy atom. The Bertz CT molecular complexity index is 921. The zero-order valence-electron chi connectivity index (χ0n) is 17.0. The highest BCUT2D eigenvalue weighted by molar-refractivity contribution is 7.89. The second-order valence-electron chi connectivity index (χ2n) is 7.50. The van der Waals surface area contributed by atoms with Crippen molar-refractivity contribution >= 4 is 27.3 Å². The topological polar surface area (TPSA) is 78.5 Å². The van der Waals surface area contributed by atoms with E-state index in [1.54, 1.807) is 30.4 Å². The van der Waals surface area contributed by atoms with Crippen molar-refractivity contribution in [2.24, 2.45) is 0 Å². The van der Waals surface area contributed by atoms with Gasteiger partial charge in [0.05, 0.1) is 10.9 Å². The number of hydrogen-bond acceptors (Lipinski definition) is 5. The van der Waals surface area contributed by atoms with Gasteiger partial charge in [0.15, 0.2) is 0 Å². The number of nitrogens with one attached hydrogen (secondary N) is 2. The molecule has 1 amide bonds. The number of amides is 1. The predicted molar refractivity (Wildman–Crippen MR) is 117 cm³/mol. The number of nitrogens with zero attached hydrogens (tertiary/aromatic N) is 1. The van der Waals surface area contributed by atoms with Gasteiger partial charge in [-0.3, -0.25) is 9.69 Å². The number of thiophene rings is 1. The summed E-state index contributed by atoms with van der Waals surface area (Å²) in [5.74, 6) is -0.144. The fourth-order valence-electron chi connectivity index (χ4n) is 3.72. The highest BCUT2D eigenvalue weighted by atomic mass is 32.2. The predicted octanol–water partition coefficient (Wildman–Crippen LogP) is 2.99. The quantitative estimate of drug-likeness (QED) is 0.635. The molecule has 1 unspecified atom stereocenters. The Labute approximate surface area is 177 Å². The monoisotopic (exact) mass is 435 g/mol. The van der Waals surface area contributed by atoms with Crippen LogP contribution in [-0.2, 0) is 14.8 Å². The lowest BCUT2D eigenvalue weighted by Gasteiger charge is -2.26. The van der Waals surface area contributed by atoms with Gasteiger partial charge in [-0.2, -0.15) is 0 Å². The van der Waals surface area contributed by atoms with Crippen molar-refractivity contribution in [3.8, 4) is 0 Å². The first-order valence-corrected chi connectivity index (χ1v) is 12.3. The molecule has 0 aliphatic carbocycles. The molecular formula is C21H29N3O3S2. The van der Waals surface area contributed by atoms with Gasteiger partial charge in [-0.15, -0.1) is 11.3 Å². The maximum absolute atomic E-state index is 12.5. The minimum atomic E-state index is -3.62. The highest BCUT2D eigenvalue weighted by Gasteiger charge is 2.24. The Morgan fingerprint density at radius 2 is 1.97 bits per heavy atom. The van der Waals surface area contributed by atoms with E-state index in [-0.39, 0.29) is 29.8 Å². The normalized spacial score (nSPS) is 16.1. The number of hydrogen-bond donors (Lipinski definition) is 2. The Hall–Kier alpha value is -1.74. The Balaban J connectivity index is 1.50. The molecule has 29 heavy (non-hydrogen) atoms. The second-order valence-corrected chi connectivity index (χ2v) is 10.2. The molecule has 8 heteroatoms. The van der Waals surface area contributed by atoms with Gasteiger partial charge in [0.25, 0.3) is 0 Å². The smallest absolute Gasteiger partial charge is 0.240 e. The summed E-state index contributed by atoms with van der Waals surface area (Å²) in [6.07, 6.45) is 2.49. The molecule has 1 aromatic heterocycles. The Kier molecular flexibility index (Phi) is 7.45. The van der Waals surface area contributed by atoms with Crippen LogP contribution in [0.4, 0.5) is 0 Å².